The highest BCUT2D eigenvalue weighted by Gasteiger charge is 2.34. The Bertz CT molecular complexity index is 1270. The van der Waals surface area contributed by atoms with Crippen LogP contribution in [-0.4, -0.2) is 37.2 Å². The van der Waals surface area contributed by atoms with E-state index in [1.807, 2.05) is 0 Å². The molecule has 0 aliphatic carbocycles. The molecule has 3 N–H and O–H groups in total. The van der Waals surface area contributed by atoms with Gasteiger partial charge in [-0.1, -0.05) is 11.6 Å². The van der Waals surface area contributed by atoms with Gasteiger partial charge in [0.1, 0.15) is 27.9 Å². The minimum absolute atomic E-state index is 0.0250. The molecule has 1 aliphatic heterocycles. The van der Waals surface area contributed by atoms with Crippen LogP contribution < -0.4 is 16.0 Å². The minimum Gasteiger partial charge on any atom is -0.342 e. The second-order valence-corrected chi connectivity index (χ2v) is 8.33. The van der Waals surface area contributed by atoms with E-state index in [0.29, 0.717) is 11.1 Å². The van der Waals surface area contributed by atoms with Crippen LogP contribution in [0, 0.1) is 0 Å². The first-order chi connectivity index (χ1) is 15.5. The molecule has 4 heterocycles. The molecule has 3 amide bonds. The highest BCUT2D eigenvalue weighted by Crippen LogP contribution is 2.35. The highest BCUT2D eigenvalue weighted by atomic mass is 35.5. The number of aromatic nitrogens is 4. The summed E-state index contributed by atoms with van der Waals surface area (Å²) < 4.78 is 40.4. The third-order valence-electron chi connectivity index (χ3n) is 4.51. The summed E-state index contributed by atoms with van der Waals surface area (Å²) in [6, 6.07) is 0.0278. The standard InChI is InChI=1S/C18H13ClF3N7O3S/c1-7(26-14(31)10-4-25-17-28-13(30)6-29(10)17)16-24-5-11(33-16)15(32)27-12-2-8(18(20,21)22)9(19)3-23-12/h2-5,7H,6H2,1H3,(H,26,31)(H,23,27,32)(H,25,28,30). The summed E-state index contributed by atoms with van der Waals surface area (Å²) in [5.74, 6) is -1.56. The molecule has 0 bridgehead atoms. The quantitative estimate of drug-likeness (QED) is 0.494. The molecule has 3 aromatic rings. The number of pyridine rings is 1. The highest BCUT2D eigenvalue weighted by molar-refractivity contribution is 7.13. The van der Waals surface area contributed by atoms with Crippen molar-refractivity contribution >= 4 is 52.4 Å². The molecular weight excluding hydrogens is 487 g/mol. The number of imidazole rings is 1. The summed E-state index contributed by atoms with van der Waals surface area (Å²) in [5, 5.41) is 7.27. The number of rotatable bonds is 5. The first-order valence-electron chi connectivity index (χ1n) is 9.19. The molecule has 3 aromatic heterocycles. The monoisotopic (exact) mass is 499 g/mol. The normalized spacial score (nSPS) is 13.9. The van der Waals surface area contributed by atoms with Crippen molar-refractivity contribution < 1.29 is 27.6 Å². The molecule has 33 heavy (non-hydrogen) atoms. The second kappa shape index (κ2) is 8.44. The SMILES string of the molecule is CC(NC(=O)c1cnc2n1CC(=O)N2)c1ncc(C(=O)Nc2cc(C(F)(F)F)c(Cl)cn2)s1. The Labute approximate surface area is 192 Å². The van der Waals surface area contributed by atoms with Gasteiger partial charge in [0.25, 0.3) is 11.8 Å². The largest absolute Gasteiger partial charge is 0.418 e. The lowest BCUT2D eigenvalue weighted by Crippen LogP contribution is -2.28. The van der Waals surface area contributed by atoms with Crippen molar-refractivity contribution in [3.63, 3.8) is 0 Å². The van der Waals surface area contributed by atoms with Crippen LogP contribution in [0.2, 0.25) is 5.02 Å². The van der Waals surface area contributed by atoms with E-state index >= 15 is 0 Å². The lowest BCUT2D eigenvalue weighted by atomic mass is 10.2. The minimum atomic E-state index is -4.70. The zero-order valence-electron chi connectivity index (χ0n) is 16.5. The zero-order valence-corrected chi connectivity index (χ0v) is 18.1. The van der Waals surface area contributed by atoms with Gasteiger partial charge in [-0.15, -0.1) is 11.3 Å². The molecular formula is C18H13ClF3N7O3S. The lowest BCUT2D eigenvalue weighted by molar-refractivity contribution is -0.137. The number of fused-ring (bicyclic) bond motifs is 1. The van der Waals surface area contributed by atoms with Crippen LogP contribution in [0.15, 0.2) is 24.7 Å². The molecule has 10 nitrogen and oxygen atoms in total. The fraction of sp³-hybridized carbons (Fsp3) is 0.222. The van der Waals surface area contributed by atoms with Crippen LogP contribution in [0.5, 0.6) is 0 Å². The van der Waals surface area contributed by atoms with Crippen molar-refractivity contribution in [3.8, 4) is 0 Å². The van der Waals surface area contributed by atoms with Crippen molar-refractivity contribution in [2.45, 2.75) is 25.7 Å². The molecule has 0 saturated heterocycles. The number of hydrogen-bond donors (Lipinski definition) is 3. The maximum atomic E-state index is 13.0. The Hall–Kier alpha value is -3.52. The summed E-state index contributed by atoms with van der Waals surface area (Å²) in [6.07, 6.45) is -1.35. The number of amides is 3. The molecule has 0 spiro atoms. The molecule has 1 aliphatic rings. The smallest absolute Gasteiger partial charge is 0.342 e. The van der Waals surface area contributed by atoms with E-state index in [9.17, 15) is 27.6 Å². The maximum Gasteiger partial charge on any atom is 0.418 e. The Morgan fingerprint density at radius 3 is 2.70 bits per heavy atom. The average Bonchev–Trinajstić information content (AvgIpc) is 3.44. The molecule has 172 valence electrons. The summed E-state index contributed by atoms with van der Waals surface area (Å²) >= 11 is 6.47. The summed E-state index contributed by atoms with van der Waals surface area (Å²) in [5.41, 5.74) is -0.946. The number of hydrogen-bond acceptors (Lipinski definition) is 7. The van der Waals surface area contributed by atoms with Crippen molar-refractivity contribution in [2.75, 3.05) is 10.6 Å². The van der Waals surface area contributed by atoms with Gasteiger partial charge in [-0.25, -0.2) is 15.0 Å². The number of anilines is 2. The van der Waals surface area contributed by atoms with Gasteiger partial charge < -0.3 is 10.6 Å². The Morgan fingerprint density at radius 2 is 1.97 bits per heavy atom. The molecule has 1 unspecified atom stereocenters. The van der Waals surface area contributed by atoms with Crippen LogP contribution in [-0.2, 0) is 17.5 Å². The number of carbonyl (C=O) groups is 3. The fourth-order valence-corrected chi connectivity index (χ4v) is 3.98. The van der Waals surface area contributed by atoms with Gasteiger partial charge >= 0.3 is 6.18 Å². The third-order valence-corrected chi connectivity index (χ3v) is 5.99. The fourth-order valence-electron chi connectivity index (χ4n) is 2.95. The lowest BCUT2D eigenvalue weighted by Gasteiger charge is -2.11. The molecule has 0 aromatic carbocycles. The Kier molecular flexibility index (Phi) is 5.80. The predicted molar refractivity (Wildman–Crippen MR) is 111 cm³/mol. The predicted octanol–water partition coefficient (Wildman–Crippen LogP) is 3.10. The Morgan fingerprint density at radius 1 is 1.21 bits per heavy atom. The Balaban J connectivity index is 1.43. The number of thiazole rings is 1. The van der Waals surface area contributed by atoms with E-state index in [1.54, 1.807) is 6.92 Å². The van der Waals surface area contributed by atoms with Crippen LogP contribution in [0.3, 0.4) is 0 Å². The zero-order chi connectivity index (χ0) is 23.9. The van der Waals surface area contributed by atoms with Gasteiger partial charge in [0.15, 0.2) is 0 Å². The van der Waals surface area contributed by atoms with Gasteiger partial charge in [-0.2, -0.15) is 13.2 Å². The van der Waals surface area contributed by atoms with E-state index in [4.69, 9.17) is 11.6 Å². The molecule has 0 saturated carbocycles. The van der Waals surface area contributed by atoms with Gasteiger partial charge in [0, 0.05) is 6.20 Å². The van der Waals surface area contributed by atoms with Crippen LogP contribution in [0.25, 0.3) is 0 Å². The third kappa shape index (κ3) is 4.66. The van der Waals surface area contributed by atoms with Crippen LogP contribution >= 0.6 is 22.9 Å². The van der Waals surface area contributed by atoms with Gasteiger partial charge in [0.2, 0.25) is 11.9 Å². The van der Waals surface area contributed by atoms with Crippen molar-refractivity contribution in [1.29, 1.82) is 0 Å². The van der Waals surface area contributed by atoms with Gasteiger partial charge in [-0.3, -0.25) is 24.3 Å². The molecule has 15 heteroatoms. The van der Waals surface area contributed by atoms with E-state index in [2.05, 4.69) is 30.9 Å². The van der Waals surface area contributed by atoms with Crippen LogP contribution in [0.1, 0.15) is 43.7 Å². The van der Waals surface area contributed by atoms with Gasteiger partial charge in [0.05, 0.1) is 29.0 Å². The summed E-state index contributed by atoms with van der Waals surface area (Å²) in [4.78, 5) is 48.3. The molecule has 0 radical (unpaired) electrons. The van der Waals surface area contributed by atoms with Crippen molar-refractivity contribution in [3.05, 3.63) is 50.8 Å². The van der Waals surface area contributed by atoms with Crippen molar-refractivity contribution in [1.82, 2.24) is 24.8 Å². The van der Waals surface area contributed by atoms with Crippen LogP contribution in [0.4, 0.5) is 24.9 Å². The molecule has 1 atom stereocenters. The van der Waals surface area contributed by atoms with Crippen molar-refractivity contribution in [2.24, 2.45) is 0 Å². The van der Waals surface area contributed by atoms with Gasteiger partial charge in [-0.05, 0) is 13.0 Å². The summed E-state index contributed by atoms with van der Waals surface area (Å²) in [7, 11) is 0. The number of carbonyl (C=O) groups excluding carboxylic acids is 3. The summed E-state index contributed by atoms with van der Waals surface area (Å²) in [6.45, 7) is 1.61. The first kappa shape index (κ1) is 22.7. The number of nitrogens with one attached hydrogen (secondary N) is 3. The first-order valence-corrected chi connectivity index (χ1v) is 10.4. The van der Waals surface area contributed by atoms with E-state index < -0.39 is 34.6 Å². The second-order valence-electron chi connectivity index (χ2n) is 6.86. The average molecular weight is 500 g/mol. The number of halogens is 4. The maximum absolute atomic E-state index is 13.0. The van der Waals surface area contributed by atoms with E-state index in [1.165, 1.54) is 17.0 Å². The topological polar surface area (TPSA) is 131 Å². The molecule has 4 rings (SSSR count). The van der Waals surface area contributed by atoms with E-state index in [0.717, 1.165) is 17.5 Å². The molecule has 0 fully saturated rings. The number of alkyl halides is 3. The van der Waals surface area contributed by atoms with E-state index in [-0.39, 0.29) is 34.8 Å². The number of nitrogens with zero attached hydrogens (tertiary/aromatic N) is 4.